The largest absolute Gasteiger partial charge is 0.354 e. The van der Waals surface area contributed by atoms with Crippen LogP contribution in [0, 0.1) is 0 Å². The molecule has 1 amide bonds. The van der Waals surface area contributed by atoms with Crippen molar-refractivity contribution in [1.82, 2.24) is 14.3 Å². The number of piperidine rings is 1. The first-order chi connectivity index (χ1) is 11.0. The highest BCUT2D eigenvalue weighted by atomic mass is 32.2. The maximum absolute atomic E-state index is 12.2. The summed E-state index contributed by atoms with van der Waals surface area (Å²) in [5.41, 5.74) is 0.938. The summed E-state index contributed by atoms with van der Waals surface area (Å²) in [6.45, 7) is 2.98. The van der Waals surface area contributed by atoms with Crippen molar-refractivity contribution in [3.63, 3.8) is 0 Å². The molecule has 0 bridgehead atoms. The van der Waals surface area contributed by atoms with Gasteiger partial charge in [-0.1, -0.05) is 36.8 Å². The van der Waals surface area contributed by atoms with Gasteiger partial charge in [0.2, 0.25) is 5.91 Å². The summed E-state index contributed by atoms with van der Waals surface area (Å²) in [5.74, 6) is -0.110. The standard InChI is InChI=1S/C16H25N3O3S/c1-14-7-5-6-12-19(14)23(21,22)18-11-10-17-16(20)13-15-8-3-2-4-9-15/h2-4,8-9,14,18H,5-7,10-13H2,1H3,(H,17,20). The van der Waals surface area contributed by atoms with Crippen molar-refractivity contribution >= 4 is 16.1 Å². The quantitative estimate of drug-likeness (QED) is 0.729. The Morgan fingerprint density at radius 1 is 1.22 bits per heavy atom. The van der Waals surface area contributed by atoms with Crippen LogP contribution in [0.15, 0.2) is 30.3 Å². The number of hydrogen-bond donors (Lipinski definition) is 2. The first-order valence-electron chi connectivity index (χ1n) is 8.06. The maximum atomic E-state index is 12.2. The summed E-state index contributed by atoms with van der Waals surface area (Å²) in [6, 6.07) is 9.49. The summed E-state index contributed by atoms with van der Waals surface area (Å²) in [4.78, 5) is 11.8. The van der Waals surface area contributed by atoms with E-state index in [0.717, 1.165) is 24.8 Å². The third kappa shape index (κ3) is 5.60. The Kier molecular flexibility index (Phi) is 6.56. The molecule has 0 aromatic heterocycles. The number of rotatable bonds is 7. The topological polar surface area (TPSA) is 78.5 Å². The number of carbonyl (C=O) groups is 1. The molecular weight excluding hydrogens is 314 g/mol. The van der Waals surface area contributed by atoms with Crippen molar-refractivity contribution in [3.8, 4) is 0 Å². The van der Waals surface area contributed by atoms with E-state index in [9.17, 15) is 13.2 Å². The van der Waals surface area contributed by atoms with Gasteiger partial charge in [0.05, 0.1) is 6.42 Å². The molecule has 0 aliphatic carbocycles. The van der Waals surface area contributed by atoms with Gasteiger partial charge in [-0.3, -0.25) is 4.79 Å². The molecule has 1 aliphatic heterocycles. The molecule has 1 aromatic carbocycles. The van der Waals surface area contributed by atoms with E-state index in [-0.39, 0.29) is 25.0 Å². The first-order valence-corrected chi connectivity index (χ1v) is 9.50. The summed E-state index contributed by atoms with van der Waals surface area (Å²) in [6.07, 6.45) is 3.17. The Hall–Kier alpha value is -1.44. The number of hydrogen-bond acceptors (Lipinski definition) is 3. The molecule has 6 nitrogen and oxygen atoms in total. The van der Waals surface area contributed by atoms with E-state index >= 15 is 0 Å². The zero-order valence-corrected chi connectivity index (χ0v) is 14.3. The van der Waals surface area contributed by atoms with Gasteiger partial charge in [0.25, 0.3) is 10.2 Å². The molecule has 23 heavy (non-hydrogen) atoms. The number of amides is 1. The van der Waals surface area contributed by atoms with Crippen molar-refractivity contribution in [2.24, 2.45) is 0 Å². The van der Waals surface area contributed by atoms with E-state index in [1.165, 1.54) is 4.31 Å². The number of carbonyl (C=O) groups excluding carboxylic acids is 1. The molecule has 7 heteroatoms. The molecule has 1 atom stereocenters. The lowest BCUT2D eigenvalue weighted by molar-refractivity contribution is -0.120. The number of nitrogens with one attached hydrogen (secondary N) is 2. The third-order valence-electron chi connectivity index (χ3n) is 3.99. The van der Waals surface area contributed by atoms with Crippen LogP contribution in [0.1, 0.15) is 31.7 Å². The van der Waals surface area contributed by atoms with Crippen molar-refractivity contribution < 1.29 is 13.2 Å². The molecule has 1 unspecified atom stereocenters. The number of nitrogens with zero attached hydrogens (tertiary/aromatic N) is 1. The minimum atomic E-state index is -3.46. The van der Waals surface area contributed by atoms with Gasteiger partial charge >= 0.3 is 0 Å². The van der Waals surface area contributed by atoms with Gasteiger partial charge in [-0.05, 0) is 25.3 Å². The summed E-state index contributed by atoms with van der Waals surface area (Å²) in [7, 11) is -3.46. The normalized spacial score (nSPS) is 19.4. The lowest BCUT2D eigenvalue weighted by Crippen LogP contribution is -2.49. The fraction of sp³-hybridized carbons (Fsp3) is 0.562. The fourth-order valence-corrected chi connectivity index (χ4v) is 4.21. The van der Waals surface area contributed by atoms with Crippen LogP contribution < -0.4 is 10.0 Å². The van der Waals surface area contributed by atoms with Crippen LogP contribution in [-0.4, -0.2) is 44.3 Å². The van der Waals surface area contributed by atoms with E-state index in [2.05, 4.69) is 10.0 Å². The van der Waals surface area contributed by atoms with Gasteiger partial charge < -0.3 is 5.32 Å². The molecule has 1 aromatic rings. The van der Waals surface area contributed by atoms with Gasteiger partial charge in [0, 0.05) is 25.7 Å². The molecule has 0 radical (unpaired) electrons. The van der Waals surface area contributed by atoms with Crippen LogP contribution in [0.25, 0.3) is 0 Å². The van der Waals surface area contributed by atoms with Crippen molar-refractivity contribution in [1.29, 1.82) is 0 Å². The van der Waals surface area contributed by atoms with Crippen molar-refractivity contribution in [2.45, 2.75) is 38.6 Å². The van der Waals surface area contributed by atoms with E-state index in [0.29, 0.717) is 13.0 Å². The van der Waals surface area contributed by atoms with E-state index in [1.807, 2.05) is 37.3 Å². The summed E-state index contributed by atoms with van der Waals surface area (Å²) in [5, 5.41) is 2.73. The minimum absolute atomic E-state index is 0.0360. The zero-order valence-electron chi connectivity index (χ0n) is 13.5. The van der Waals surface area contributed by atoms with Gasteiger partial charge in [0.1, 0.15) is 0 Å². The Morgan fingerprint density at radius 3 is 2.65 bits per heavy atom. The molecule has 2 rings (SSSR count). The molecule has 1 aliphatic rings. The van der Waals surface area contributed by atoms with Crippen LogP contribution in [0.2, 0.25) is 0 Å². The lowest BCUT2D eigenvalue weighted by atomic mass is 10.1. The van der Waals surface area contributed by atoms with Crippen LogP contribution >= 0.6 is 0 Å². The molecule has 0 saturated carbocycles. The van der Waals surface area contributed by atoms with Crippen LogP contribution in [0.4, 0.5) is 0 Å². The molecular formula is C16H25N3O3S. The predicted molar refractivity (Wildman–Crippen MR) is 90.1 cm³/mol. The van der Waals surface area contributed by atoms with Gasteiger partial charge in [0.15, 0.2) is 0 Å². The Morgan fingerprint density at radius 2 is 1.96 bits per heavy atom. The van der Waals surface area contributed by atoms with Gasteiger partial charge in [-0.2, -0.15) is 12.7 Å². The monoisotopic (exact) mass is 339 g/mol. The van der Waals surface area contributed by atoms with Gasteiger partial charge in [-0.25, -0.2) is 4.72 Å². The molecule has 2 N–H and O–H groups in total. The minimum Gasteiger partial charge on any atom is -0.354 e. The van der Waals surface area contributed by atoms with Crippen molar-refractivity contribution in [3.05, 3.63) is 35.9 Å². The zero-order chi connectivity index (χ0) is 16.7. The fourth-order valence-electron chi connectivity index (χ4n) is 2.74. The Labute approximate surface area is 138 Å². The highest BCUT2D eigenvalue weighted by Crippen LogP contribution is 2.18. The SMILES string of the molecule is CC1CCCCN1S(=O)(=O)NCCNC(=O)Cc1ccccc1. The second-order valence-electron chi connectivity index (χ2n) is 5.87. The van der Waals surface area contributed by atoms with E-state index in [1.54, 1.807) is 0 Å². The Bertz CT molecular complexity index is 604. The van der Waals surface area contributed by atoms with Gasteiger partial charge in [-0.15, -0.1) is 0 Å². The van der Waals surface area contributed by atoms with Crippen molar-refractivity contribution in [2.75, 3.05) is 19.6 Å². The van der Waals surface area contributed by atoms with E-state index in [4.69, 9.17) is 0 Å². The lowest BCUT2D eigenvalue weighted by Gasteiger charge is -2.32. The summed E-state index contributed by atoms with van der Waals surface area (Å²) < 4.78 is 28.5. The summed E-state index contributed by atoms with van der Waals surface area (Å²) >= 11 is 0. The first kappa shape index (κ1) is 17.9. The molecule has 1 heterocycles. The molecule has 1 saturated heterocycles. The average Bonchev–Trinajstić information content (AvgIpc) is 2.53. The maximum Gasteiger partial charge on any atom is 0.279 e. The highest BCUT2D eigenvalue weighted by Gasteiger charge is 2.28. The van der Waals surface area contributed by atoms with Crippen LogP contribution in [0.5, 0.6) is 0 Å². The third-order valence-corrected chi connectivity index (χ3v) is 5.72. The van der Waals surface area contributed by atoms with E-state index < -0.39 is 10.2 Å². The van der Waals surface area contributed by atoms with Crippen LogP contribution in [0.3, 0.4) is 0 Å². The molecule has 1 fully saturated rings. The second kappa shape index (κ2) is 8.42. The molecule has 0 spiro atoms. The smallest absolute Gasteiger partial charge is 0.279 e. The molecule has 128 valence electrons. The predicted octanol–water partition coefficient (Wildman–Crippen LogP) is 1.05. The Balaban J connectivity index is 1.71. The van der Waals surface area contributed by atoms with Crippen LogP contribution in [-0.2, 0) is 21.4 Å². The number of benzene rings is 1. The highest BCUT2D eigenvalue weighted by molar-refractivity contribution is 7.87. The average molecular weight is 339 g/mol. The second-order valence-corrected chi connectivity index (χ2v) is 7.58.